The number of hydrogen-bond acceptors (Lipinski definition) is 3. The Kier molecular flexibility index (Phi) is 4.41. The molecule has 1 aromatic heterocycles. The van der Waals surface area contributed by atoms with Crippen LogP contribution >= 0.6 is 0 Å². The van der Waals surface area contributed by atoms with Gasteiger partial charge in [-0.15, -0.1) is 0 Å². The van der Waals surface area contributed by atoms with Crippen LogP contribution in [0.1, 0.15) is 30.0 Å². The van der Waals surface area contributed by atoms with E-state index in [4.69, 9.17) is 0 Å². The van der Waals surface area contributed by atoms with Gasteiger partial charge in [0, 0.05) is 30.8 Å². The summed E-state index contributed by atoms with van der Waals surface area (Å²) < 4.78 is 1.51. The first-order chi connectivity index (χ1) is 11.1. The van der Waals surface area contributed by atoms with Crippen LogP contribution in [0.5, 0.6) is 0 Å². The van der Waals surface area contributed by atoms with Gasteiger partial charge in [0.1, 0.15) is 0 Å². The van der Waals surface area contributed by atoms with E-state index in [0.29, 0.717) is 19.0 Å². The second kappa shape index (κ2) is 6.64. The van der Waals surface area contributed by atoms with Crippen LogP contribution in [-0.4, -0.2) is 22.1 Å². The molecule has 0 saturated heterocycles. The third kappa shape index (κ3) is 3.97. The zero-order valence-corrected chi connectivity index (χ0v) is 13.1. The molecule has 0 atom stereocenters. The van der Waals surface area contributed by atoms with Gasteiger partial charge in [-0.05, 0) is 31.4 Å². The van der Waals surface area contributed by atoms with Gasteiger partial charge >= 0.3 is 6.03 Å². The topological polar surface area (TPSA) is 76.0 Å². The molecule has 0 spiro atoms. The predicted octanol–water partition coefficient (Wildman–Crippen LogP) is 2.25. The van der Waals surface area contributed by atoms with Gasteiger partial charge in [-0.2, -0.15) is 0 Å². The van der Waals surface area contributed by atoms with Crippen molar-refractivity contribution in [3.8, 4) is 0 Å². The van der Waals surface area contributed by atoms with Crippen molar-refractivity contribution < 1.29 is 4.79 Å². The van der Waals surface area contributed by atoms with Crippen LogP contribution in [-0.2, 0) is 6.54 Å². The number of amides is 2. The highest BCUT2D eigenvalue weighted by Gasteiger charge is 2.25. The van der Waals surface area contributed by atoms with Crippen molar-refractivity contribution in [1.29, 1.82) is 0 Å². The molecular weight excluding hydrogens is 292 g/mol. The molecule has 6 nitrogen and oxygen atoms in total. The van der Waals surface area contributed by atoms with Gasteiger partial charge in [0.25, 0.3) is 5.56 Å². The molecule has 0 unspecified atom stereocenters. The van der Waals surface area contributed by atoms with E-state index >= 15 is 0 Å². The maximum absolute atomic E-state index is 12.0. The van der Waals surface area contributed by atoms with Crippen molar-refractivity contribution >= 4 is 11.7 Å². The van der Waals surface area contributed by atoms with Gasteiger partial charge < -0.3 is 10.6 Å². The second-order valence-corrected chi connectivity index (χ2v) is 5.82. The largest absolute Gasteiger partial charge is 0.336 e. The van der Waals surface area contributed by atoms with Crippen LogP contribution in [0.15, 0.2) is 41.5 Å². The number of benzene rings is 1. The van der Waals surface area contributed by atoms with E-state index in [1.54, 1.807) is 12.4 Å². The average molecular weight is 312 g/mol. The van der Waals surface area contributed by atoms with E-state index in [1.165, 1.54) is 4.57 Å². The lowest BCUT2D eigenvalue weighted by atomic mass is 10.2. The summed E-state index contributed by atoms with van der Waals surface area (Å²) >= 11 is 0. The molecule has 23 heavy (non-hydrogen) atoms. The van der Waals surface area contributed by atoms with Gasteiger partial charge in [-0.3, -0.25) is 9.36 Å². The maximum Gasteiger partial charge on any atom is 0.319 e. The zero-order chi connectivity index (χ0) is 16.2. The fourth-order valence-electron chi connectivity index (χ4n) is 2.38. The van der Waals surface area contributed by atoms with Crippen LogP contribution in [0.3, 0.4) is 0 Å². The van der Waals surface area contributed by atoms with Crippen molar-refractivity contribution in [2.75, 3.05) is 11.9 Å². The first kappa shape index (κ1) is 15.3. The van der Waals surface area contributed by atoms with Crippen molar-refractivity contribution in [3.63, 3.8) is 0 Å². The second-order valence-electron chi connectivity index (χ2n) is 5.82. The smallest absolute Gasteiger partial charge is 0.319 e. The molecule has 2 amide bonds. The summed E-state index contributed by atoms with van der Waals surface area (Å²) in [6.45, 7) is 2.70. The van der Waals surface area contributed by atoms with E-state index in [0.717, 1.165) is 29.8 Å². The van der Waals surface area contributed by atoms with Crippen LogP contribution in [0.2, 0.25) is 0 Å². The summed E-state index contributed by atoms with van der Waals surface area (Å²) in [4.78, 5) is 28.2. The third-order valence-corrected chi connectivity index (χ3v) is 3.93. The fourth-order valence-corrected chi connectivity index (χ4v) is 2.38. The normalized spacial score (nSPS) is 13.6. The lowest BCUT2D eigenvalue weighted by molar-refractivity contribution is 0.251. The Balaban J connectivity index is 1.50. The molecule has 1 fully saturated rings. The Bertz CT molecular complexity index is 765. The maximum atomic E-state index is 12.0. The standard InChI is InChI=1S/C17H20N4O2/c1-12-4-2-3-5-14(12)20-17(23)18-8-9-21-11-19-15(10-16(21)22)13-6-7-13/h2-5,10-11,13H,6-9H2,1H3,(H2,18,20,23). The summed E-state index contributed by atoms with van der Waals surface area (Å²) in [5.41, 5.74) is 2.59. The molecule has 0 radical (unpaired) electrons. The molecule has 1 heterocycles. The molecule has 120 valence electrons. The van der Waals surface area contributed by atoms with E-state index in [1.807, 2.05) is 31.2 Å². The lowest BCUT2D eigenvalue weighted by Gasteiger charge is -2.10. The minimum Gasteiger partial charge on any atom is -0.336 e. The summed E-state index contributed by atoms with van der Waals surface area (Å²) in [6, 6.07) is 8.89. The average Bonchev–Trinajstić information content (AvgIpc) is 3.36. The van der Waals surface area contributed by atoms with Crippen molar-refractivity contribution in [3.05, 3.63) is 58.3 Å². The lowest BCUT2D eigenvalue weighted by Crippen LogP contribution is -2.34. The molecule has 0 bridgehead atoms. The first-order valence-corrected chi connectivity index (χ1v) is 7.80. The summed E-state index contributed by atoms with van der Waals surface area (Å²) in [5.74, 6) is 0.468. The predicted molar refractivity (Wildman–Crippen MR) is 88.7 cm³/mol. The molecular formula is C17H20N4O2. The van der Waals surface area contributed by atoms with Gasteiger partial charge in [-0.1, -0.05) is 18.2 Å². The van der Waals surface area contributed by atoms with Crippen molar-refractivity contribution in [2.45, 2.75) is 32.2 Å². The summed E-state index contributed by atoms with van der Waals surface area (Å²) in [5, 5.41) is 5.54. The molecule has 1 aromatic carbocycles. The SMILES string of the molecule is Cc1ccccc1NC(=O)NCCn1cnc(C2CC2)cc1=O. The Morgan fingerprint density at radius 1 is 1.35 bits per heavy atom. The molecule has 1 saturated carbocycles. The van der Waals surface area contributed by atoms with E-state index in [2.05, 4.69) is 15.6 Å². The number of hydrogen-bond donors (Lipinski definition) is 2. The van der Waals surface area contributed by atoms with Gasteiger partial charge in [0.05, 0.1) is 12.0 Å². The minimum atomic E-state index is -0.282. The Morgan fingerprint density at radius 3 is 2.83 bits per heavy atom. The molecule has 0 aliphatic heterocycles. The number of nitrogens with one attached hydrogen (secondary N) is 2. The number of rotatable bonds is 5. The molecule has 1 aliphatic rings. The number of nitrogens with zero attached hydrogens (tertiary/aromatic N) is 2. The molecule has 3 rings (SSSR count). The Labute approximate surface area is 134 Å². The third-order valence-electron chi connectivity index (χ3n) is 3.93. The van der Waals surface area contributed by atoms with E-state index < -0.39 is 0 Å². The number of carbonyl (C=O) groups excluding carboxylic acids is 1. The summed E-state index contributed by atoms with van der Waals surface area (Å²) in [7, 11) is 0. The van der Waals surface area contributed by atoms with Crippen LogP contribution in [0.25, 0.3) is 0 Å². The highest BCUT2D eigenvalue weighted by atomic mass is 16.2. The molecule has 1 aliphatic carbocycles. The number of carbonyl (C=O) groups is 1. The quantitative estimate of drug-likeness (QED) is 0.889. The van der Waals surface area contributed by atoms with E-state index in [-0.39, 0.29) is 11.6 Å². The van der Waals surface area contributed by atoms with Crippen LogP contribution in [0.4, 0.5) is 10.5 Å². The molecule has 6 heteroatoms. The summed E-state index contributed by atoms with van der Waals surface area (Å²) in [6.07, 6.45) is 3.81. The Morgan fingerprint density at radius 2 is 2.13 bits per heavy atom. The Hall–Kier alpha value is -2.63. The molecule has 2 N–H and O–H groups in total. The monoisotopic (exact) mass is 312 g/mol. The fraction of sp³-hybridized carbons (Fsp3) is 0.353. The minimum absolute atomic E-state index is 0.0667. The van der Waals surface area contributed by atoms with Gasteiger partial charge in [0.2, 0.25) is 0 Å². The number of urea groups is 1. The number of aryl methyl sites for hydroxylation is 1. The van der Waals surface area contributed by atoms with Crippen LogP contribution in [0, 0.1) is 6.92 Å². The zero-order valence-electron chi connectivity index (χ0n) is 13.1. The van der Waals surface area contributed by atoms with Gasteiger partial charge in [-0.25, -0.2) is 9.78 Å². The van der Waals surface area contributed by atoms with Gasteiger partial charge in [0.15, 0.2) is 0 Å². The number of para-hydroxylation sites is 1. The van der Waals surface area contributed by atoms with Crippen molar-refractivity contribution in [1.82, 2.24) is 14.9 Å². The van der Waals surface area contributed by atoms with Crippen molar-refractivity contribution in [2.24, 2.45) is 0 Å². The highest BCUT2D eigenvalue weighted by molar-refractivity contribution is 5.89. The molecule has 2 aromatic rings. The van der Waals surface area contributed by atoms with Crippen LogP contribution < -0.4 is 16.2 Å². The number of aromatic nitrogens is 2. The van der Waals surface area contributed by atoms with E-state index in [9.17, 15) is 9.59 Å². The highest BCUT2D eigenvalue weighted by Crippen LogP contribution is 2.38. The number of anilines is 1. The first-order valence-electron chi connectivity index (χ1n) is 7.80.